The van der Waals surface area contributed by atoms with Gasteiger partial charge in [0.25, 0.3) is 0 Å². The van der Waals surface area contributed by atoms with Gasteiger partial charge in [0.1, 0.15) is 11.6 Å². The molecule has 0 aliphatic rings. The molecule has 1 N–H and O–H groups in total. The van der Waals surface area contributed by atoms with Gasteiger partial charge in [-0.05, 0) is 62.2 Å². The minimum Gasteiger partial charge on any atom is -0.439 e. The van der Waals surface area contributed by atoms with Gasteiger partial charge in [-0.15, -0.1) is 0 Å². The molecule has 1 aromatic heterocycles. The van der Waals surface area contributed by atoms with Crippen LogP contribution in [0.1, 0.15) is 43.7 Å². The quantitative estimate of drug-likeness (QED) is 0.293. The van der Waals surface area contributed by atoms with Crippen molar-refractivity contribution < 1.29 is 14.2 Å². The minimum absolute atomic E-state index is 0.178. The second-order valence-corrected chi connectivity index (χ2v) is 8.84. The van der Waals surface area contributed by atoms with Crippen molar-refractivity contribution in [3.8, 4) is 17.3 Å². The zero-order valence-corrected chi connectivity index (χ0v) is 20.4. The Morgan fingerprint density at radius 1 is 0.943 bits per heavy atom. The first kappa shape index (κ1) is 24.6. The number of aromatic nitrogens is 2. The fraction of sp³-hybridized carbons (Fsp3) is 0.276. The molecule has 4 aromatic rings. The van der Waals surface area contributed by atoms with E-state index in [1.54, 1.807) is 16.8 Å². The summed E-state index contributed by atoms with van der Waals surface area (Å²) in [6, 6.07) is 25.7. The number of benzene rings is 3. The molecule has 0 aliphatic carbocycles. The van der Waals surface area contributed by atoms with Crippen LogP contribution >= 0.6 is 0 Å². The summed E-state index contributed by atoms with van der Waals surface area (Å²) in [6.07, 6.45) is 0.0938. The number of nitrogens with zero attached hydrogens (tertiary/aromatic N) is 3. The van der Waals surface area contributed by atoms with Gasteiger partial charge in [-0.2, -0.15) is 5.10 Å². The van der Waals surface area contributed by atoms with Crippen molar-refractivity contribution in [1.82, 2.24) is 14.7 Å². The van der Waals surface area contributed by atoms with Crippen LogP contribution in [0.15, 0.2) is 84.9 Å². The number of aliphatic hydroxyl groups excluding tert-OH is 1. The molecule has 0 saturated carbocycles. The number of halogens is 1. The molecule has 1 heterocycles. The molecule has 4 rings (SSSR count). The fourth-order valence-corrected chi connectivity index (χ4v) is 4.05. The standard InChI is InChI=1S/C29H32FN3O2/c1-4-27-26(19-32(21(2)3)20-28(34)22-11-7-5-8-12-22)29(35-25-13-9-6-10-14-25)33(31-27)24-17-15-23(30)16-18-24/h5-18,21,28,34H,4,19-20H2,1-3H3. The summed E-state index contributed by atoms with van der Waals surface area (Å²) in [7, 11) is 0. The molecule has 0 amide bonds. The van der Waals surface area contributed by atoms with Crippen molar-refractivity contribution in [3.63, 3.8) is 0 Å². The third-order valence-corrected chi connectivity index (χ3v) is 6.07. The van der Waals surface area contributed by atoms with Gasteiger partial charge in [0.05, 0.1) is 23.0 Å². The highest BCUT2D eigenvalue weighted by molar-refractivity contribution is 5.44. The molecule has 0 spiro atoms. The van der Waals surface area contributed by atoms with Crippen molar-refractivity contribution in [3.05, 3.63) is 108 Å². The van der Waals surface area contributed by atoms with Gasteiger partial charge >= 0.3 is 0 Å². The molecule has 0 radical (unpaired) electrons. The molecule has 1 atom stereocenters. The van der Waals surface area contributed by atoms with Crippen LogP contribution < -0.4 is 4.74 Å². The number of hydrogen-bond donors (Lipinski definition) is 1. The number of aliphatic hydroxyl groups is 1. The second-order valence-electron chi connectivity index (χ2n) is 8.84. The summed E-state index contributed by atoms with van der Waals surface area (Å²) in [5.74, 6) is 0.989. The number of para-hydroxylation sites is 1. The predicted molar refractivity (Wildman–Crippen MR) is 136 cm³/mol. The molecule has 182 valence electrons. The number of rotatable bonds is 10. The molecular weight excluding hydrogens is 441 g/mol. The van der Waals surface area contributed by atoms with Crippen molar-refractivity contribution in [2.24, 2.45) is 0 Å². The molecule has 0 saturated heterocycles. The Hall–Kier alpha value is -3.48. The average Bonchev–Trinajstić information content (AvgIpc) is 3.22. The van der Waals surface area contributed by atoms with Crippen LogP contribution in [-0.2, 0) is 13.0 Å². The van der Waals surface area contributed by atoms with E-state index < -0.39 is 6.10 Å². The topological polar surface area (TPSA) is 50.5 Å². The molecule has 0 bridgehead atoms. The normalized spacial score (nSPS) is 12.3. The Morgan fingerprint density at radius 3 is 2.17 bits per heavy atom. The summed E-state index contributed by atoms with van der Waals surface area (Å²) >= 11 is 0. The Bertz CT molecular complexity index is 1210. The van der Waals surface area contributed by atoms with Crippen LogP contribution in [0, 0.1) is 5.82 Å². The van der Waals surface area contributed by atoms with E-state index in [1.807, 2.05) is 60.7 Å². The number of ether oxygens (including phenoxy) is 1. The molecule has 6 heteroatoms. The lowest BCUT2D eigenvalue weighted by atomic mass is 10.1. The van der Waals surface area contributed by atoms with E-state index in [1.165, 1.54) is 12.1 Å². The smallest absolute Gasteiger partial charge is 0.227 e. The van der Waals surface area contributed by atoms with Crippen LogP contribution in [0.5, 0.6) is 11.6 Å². The molecule has 3 aromatic carbocycles. The van der Waals surface area contributed by atoms with Gasteiger partial charge in [0, 0.05) is 19.1 Å². The van der Waals surface area contributed by atoms with Gasteiger partial charge in [0.2, 0.25) is 5.88 Å². The molecule has 35 heavy (non-hydrogen) atoms. The molecule has 0 aliphatic heterocycles. The highest BCUT2D eigenvalue weighted by Gasteiger charge is 2.25. The summed E-state index contributed by atoms with van der Waals surface area (Å²) in [5, 5.41) is 15.8. The molecule has 0 fully saturated rings. The van der Waals surface area contributed by atoms with Crippen molar-refractivity contribution in [1.29, 1.82) is 0 Å². The summed E-state index contributed by atoms with van der Waals surface area (Å²) < 4.78 is 21.8. The first-order valence-electron chi connectivity index (χ1n) is 12.0. The van der Waals surface area contributed by atoms with Gasteiger partial charge in [0.15, 0.2) is 0 Å². The Labute approximate surface area is 206 Å². The zero-order valence-electron chi connectivity index (χ0n) is 20.4. The van der Waals surface area contributed by atoms with Crippen LogP contribution in [0.2, 0.25) is 0 Å². The highest BCUT2D eigenvalue weighted by atomic mass is 19.1. The maximum Gasteiger partial charge on any atom is 0.227 e. The monoisotopic (exact) mass is 473 g/mol. The van der Waals surface area contributed by atoms with E-state index in [0.717, 1.165) is 22.5 Å². The van der Waals surface area contributed by atoms with E-state index in [2.05, 4.69) is 25.7 Å². The maximum absolute atomic E-state index is 13.6. The maximum atomic E-state index is 13.6. The van der Waals surface area contributed by atoms with Crippen LogP contribution in [-0.4, -0.2) is 32.4 Å². The largest absolute Gasteiger partial charge is 0.439 e. The minimum atomic E-state index is -0.616. The van der Waals surface area contributed by atoms with Gasteiger partial charge in [-0.25, -0.2) is 9.07 Å². The number of hydrogen-bond acceptors (Lipinski definition) is 4. The van der Waals surface area contributed by atoms with Gasteiger partial charge in [-0.1, -0.05) is 55.5 Å². The first-order valence-corrected chi connectivity index (χ1v) is 12.0. The average molecular weight is 474 g/mol. The summed E-state index contributed by atoms with van der Waals surface area (Å²) in [6.45, 7) is 7.31. The van der Waals surface area contributed by atoms with Crippen LogP contribution in [0.4, 0.5) is 4.39 Å². The predicted octanol–water partition coefficient (Wildman–Crippen LogP) is 6.31. The lowest BCUT2D eigenvalue weighted by Crippen LogP contribution is -2.34. The lowest BCUT2D eigenvalue weighted by molar-refractivity contribution is 0.0901. The van der Waals surface area contributed by atoms with Gasteiger partial charge < -0.3 is 9.84 Å². The van der Waals surface area contributed by atoms with E-state index in [-0.39, 0.29) is 11.9 Å². The molecular formula is C29H32FN3O2. The van der Waals surface area contributed by atoms with E-state index in [9.17, 15) is 9.50 Å². The van der Waals surface area contributed by atoms with Gasteiger partial charge in [-0.3, -0.25) is 4.90 Å². The van der Waals surface area contributed by atoms with Crippen LogP contribution in [0.3, 0.4) is 0 Å². The summed E-state index contributed by atoms with van der Waals surface area (Å²) in [5.41, 5.74) is 3.46. The van der Waals surface area contributed by atoms with E-state index >= 15 is 0 Å². The fourth-order valence-electron chi connectivity index (χ4n) is 4.05. The molecule has 5 nitrogen and oxygen atoms in total. The SMILES string of the molecule is CCc1nn(-c2ccc(F)cc2)c(Oc2ccccc2)c1CN(CC(O)c1ccccc1)C(C)C. The van der Waals surface area contributed by atoms with E-state index in [4.69, 9.17) is 9.84 Å². The zero-order chi connectivity index (χ0) is 24.8. The van der Waals surface area contributed by atoms with Crippen LogP contribution in [0.25, 0.3) is 5.69 Å². The van der Waals surface area contributed by atoms with Crippen molar-refractivity contribution >= 4 is 0 Å². The third kappa shape index (κ3) is 5.96. The molecule has 1 unspecified atom stereocenters. The third-order valence-electron chi connectivity index (χ3n) is 6.07. The summed E-state index contributed by atoms with van der Waals surface area (Å²) in [4.78, 5) is 2.22. The Morgan fingerprint density at radius 2 is 1.57 bits per heavy atom. The van der Waals surface area contributed by atoms with E-state index in [0.29, 0.717) is 31.1 Å². The highest BCUT2D eigenvalue weighted by Crippen LogP contribution is 2.33. The second kappa shape index (κ2) is 11.3. The Balaban J connectivity index is 1.73. The lowest BCUT2D eigenvalue weighted by Gasteiger charge is -2.29. The Kier molecular flexibility index (Phi) is 7.95. The first-order chi connectivity index (χ1) is 17.0. The number of aryl methyl sites for hydroxylation is 1. The van der Waals surface area contributed by atoms with Crippen molar-refractivity contribution in [2.45, 2.75) is 45.9 Å². The van der Waals surface area contributed by atoms with Crippen molar-refractivity contribution in [2.75, 3.05) is 6.54 Å².